The molecule has 0 spiro atoms. The van der Waals surface area contributed by atoms with Gasteiger partial charge in [-0.05, 0) is 31.5 Å². The monoisotopic (exact) mass is 312 g/mol. The van der Waals surface area contributed by atoms with Crippen LogP contribution in [0.3, 0.4) is 0 Å². The minimum absolute atomic E-state index is 0.173. The molecule has 0 atom stereocenters. The standard InChI is InChI=1S/C18H20N2O3/c1-3-23-18(22)17(21)20(13-16-9-4-5-10-19-16)12-15-8-6-7-14(2)11-15/h4-11H,3,12-13H2,1-2H3. The van der Waals surface area contributed by atoms with Gasteiger partial charge in [0, 0.05) is 12.7 Å². The van der Waals surface area contributed by atoms with E-state index in [9.17, 15) is 9.59 Å². The van der Waals surface area contributed by atoms with E-state index < -0.39 is 11.9 Å². The van der Waals surface area contributed by atoms with Crippen LogP contribution in [-0.2, 0) is 27.4 Å². The molecule has 1 aromatic carbocycles. The number of esters is 1. The van der Waals surface area contributed by atoms with E-state index in [-0.39, 0.29) is 13.2 Å². The van der Waals surface area contributed by atoms with E-state index in [1.165, 1.54) is 4.90 Å². The van der Waals surface area contributed by atoms with Crippen molar-refractivity contribution in [1.29, 1.82) is 0 Å². The van der Waals surface area contributed by atoms with Crippen LogP contribution in [-0.4, -0.2) is 28.4 Å². The molecule has 0 saturated heterocycles. The summed E-state index contributed by atoms with van der Waals surface area (Å²) in [6.45, 7) is 4.42. The summed E-state index contributed by atoms with van der Waals surface area (Å²) in [4.78, 5) is 29.8. The summed E-state index contributed by atoms with van der Waals surface area (Å²) in [7, 11) is 0. The van der Waals surface area contributed by atoms with Gasteiger partial charge in [0.2, 0.25) is 0 Å². The minimum atomic E-state index is -0.837. The van der Waals surface area contributed by atoms with Gasteiger partial charge < -0.3 is 9.64 Å². The molecule has 0 radical (unpaired) electrons. The van der Waals surface area contributed by atoms with Crippen molar-refractivity contribution in [2.24, 2.45) is 0 Å². The Labute approximate surface area is 135 Å². The summed E-state index contributed by atoms with van der Waals surface area (Å²) < 4.78 is 4.83. The molecule has 1 aromatic heterocycles. The molecule has 0 N–H and O–H groups in total. The summed E-state index contributed by atoms with van der Waals surface area (Å²) in [6, 6.07) is 13.3. The zero-order valence-electron chi connectivity index (χ0n) is 13.4. The summed E-state index contributed by atoms with van der Waals surface area (Å²) in [5.41, 5.74) is 2.78. The Hall–Kier alpha value is -2.69. The smallest absolute Gasteiger partial charge is 0.397 e. The molecule has 0 unspecified atom stereocenters. The Morgan fingerprint density at radius 1 is 1.13 bits per heavy atom. The average Bonchev–Trinajstić information content (AvgIpc) is 2.55. The highest BCUT2D eigenvalue weighted by Gasteiger charge is 2.23. The first-order valence-electron chi connectivity index (χ1n) is 7.51. The van der Waals surface area contributed by atoms with Gasteiger partial charge in [-0.15, -0.1) is 0 Å². The average molecular weight is 312 g/mol. The first kappa shape index (κ1) is 16.7. The maximum atomic E-state index is 12.4. The number of amides is 1. The maximum absolute atomic E-state index is 12.4. The molecule has 2 aromatic rings. The van der Waals surface area contributed by atoms with Crippen LogP contribution >= 0.6 is 0 Å². The fraction of sp³-hybridized carbons (Fsp3) is 0.278. The minimum Gasteiger partial charge on any atom is -0.459 e. The Balaban J connectivity index is 2.20. The first-order chi connectivity index (χ1) is 11.1. The van der Waals surface area contributed by atoms with E-state index in [0.717, 1.165) is 16.8 Å². The zero-order valence-corrected chi connectivity index (χ0v) is 13.4. The molecule has 1 heterocycles. The van der Waals surface area contributed by atoms with Crippen LogP contribution in [0.4, 0.5) is 0 Å². The molecule has 0 aliphatic rings. The number of rotatable bonds is 5. The van der Waals surface area contributed by atoms with Crippen LogP contribution in [0.1, 0.15) is 23.7 Å². The number of nitrogens with zero attached hydrogens (tertiary/aromatic N) is 2. The number of ether oxygens (including phenoxy) is 1. The van der Waals surface area contributed by atoms with Crippen molar-refractivity contribution in [3.8, 4) is 0 Å². The molecular weight excluding hydrogens is 292 g/mol. The van der Waals surface area contributed by atoms with E-state index in [4.69, 9.17) is 4.74 Å². The fourth-order valence-corrected chi connectivity index (χ4v) is 2.24. The summed E-state index contributed by atoms with van der Waals surface area (Å²) in [5.74, 6) is -1.49. The molecule has 0 bridgehead atoms. The second kappa shape index (κ2) is 8.08. The zero-order chi connectivity index (χ0) is 16.7. The molecule has 0 aliphatic carbocycles. The molecule has 0 aliphatic heterocycles. The fourth-order valence-electron chi connectivity index (χ4n) is 2.24. The van der Waals surface area contributed by atoms with Crippen molar-refractivity contribution in [3.63, 3.8) is 0 Å². The molecular formula is C18H20N2O3. The maximum Gasteiger partial charge on any atom is 0.397 e. The molecule has 0 fully saturated rings. The number of aromatic nitrogens is 1. The van der Waals surface area contributed by atoms with Crippen LogP contribution in [0.25, 0.3) is 0 Å². The van der Waals surface area contributed by atoms with E-state index in [2.05, 4.69) is 4.98 Å². The van der Waals surface area contributed by atoms with Crippen molar-refractivity contribution >= 4 is 11.9 Å². The third kappa shape index (κ3) is 4.92. The number of hydrogen-bond donors (Lipinski definition) is 0. The number of aryl methyl sites for hydroxylation is 1. The van der Waals surface area contributed by atoms with E-state index >= 15 is 0 Å². The van der Waals surface area contributed by atoms with Gasteiger partial charge in [0.05, 0.1) is 18.8 Å². The van der Waals surface area contributed by atoms with Crippen molar-refractivity contribution in [1.82, 2.24) is 9.88 Å². The third-order valence-electron chi connectivity index (χ3n) is 3.27. The highest BCUT2D eigenvalue weighted by atomic mass is 16.5. The van der Waals surface area contributed by atoms with Crippen molar-refractivity contribution in [3.05, 3.63) is 65.5 Å². The highest BCUT2D eigenvalue weighted by Crippen LogP contribution is 2.11. The molecule has 0 saturated carbocycles. The summed E-state index contributed by atoms with van der Waals surface area (Å²) in [6.07, 6.45) is 1.66. The van der Waals surface area contributed by atoms with Gasteiger partial charge >= 0.3 is 11.9 Å². The van der Waals surface area contributed by atoms with Gasteiger partial charge in [-0.1, -0.05) is 35.9 Å². The number of carbonyl (C=O) groups is 2. The topological polar surface area (TPSA) is 59.5 Å². The first-order valence-corrected chi connectivity index (χ1v) is 7.51. The SMILES string of the molecule is CCOC(=O)C(=O)N(Cc1cccc(C)c1)Cc1ccccn1. The van der Waals surface area contributed by atoms with Crippen molar-refractivity contribution in [2.45, 2.75) is 26.9 Å². The van der Waals surface area contributed by atoms with Crippen LogP contribution in [0, 0.1) is 6.92 Å². The van der Waals surface area contributed by atoms with Crippen LogP contribution in [0.15, 0.2) is 48.7 Å². The largest absolute Gasteiger partial charge is 0.459 e. The summed E-state index contributed by atoms with van der Waals surface area (Å²) >= 11 is 0. The second-order valence-corrected chi connectivity index (χ2v) is 5.19. The molecule has 5 heteroatoms. The Morgan fingerprint density at radius 3 is 2.61 bits per heavy atom. The van der Waals surface area contributed by atoms with Crippen LogP contribution in [0.5, 0.6) is 0 Å². The van der Waals surface area contributed by atoms with Gasteiger partial charge in [0.15, 0.2) is 0 Å². The lowest BCUT2D eigenvalue weighted by Crippen LogP contribution is -2.37. The lowest BCUT2D eigenvalue weighted by Gasteiger charge is -2.21. The quantitative estimate of drug-likeness (QED) is 0.628. The van der Waals surface area contributed by atoms with Crippen molar-refractivity contribution in [2.75, 3.05) is 6.61 Å². The van der Waals surface area contributed by atoms with Gasteiger partial charge in [0.25, 0.3) is 0 Å². The number of hydrogen-bond acceptors (Lipinski definition) is 4. The molecule has 2 rings (SSSR count). The predicted molar refractivity (Wildman–Crippen MR) is 86.3 cm³/mol. The van der Waals surface area contributed by atoms with E-state index in [1.54, 1.807) is 13.1 Å². The van der Waals surface area contributed by atoms with Crippen LogP contribution < -0.4 is 0 Å². The Morgan fingerprint density at radius 2 is 1.96 bits per heavy atom. The normalized spacial score (nSPS) is 10.2. The molecule has 23 heavy (non-hydrogen) atoms. The van der Waals surface area contributed by atoms with Gasteiger partial charge in [0.1, 0.15) is 0 Å². The van der Waals surface area contributed by atoms with E-state index in [0.29, 0.717) is 6.54 Å². The van der Waals surface area contributed by atoms with Crippen molar-refractivity contribution < 1.29 is 14.3 Å². The number of pyridine rings is 1. The highest BCUT2D eigenvalue weighted by molar-refractivity contribution is 6.32. The Kier molecular flexibility index (Phi) is 5.86. The Bertz CT molecular complexity index is 671. The lowest BCUT2D eigenvalue weighted by atomic mass is 10.1. The summed E-state index contributed by atoms with van der Waals surface area (Å²) in [5, 5.41) is 0. The van der Waals surface area contributed by atoms with E-state index in [1.807, 2.05) is 49.4 Å². The predicted octanol–water partition coefficient (Wildman–Crippen LogP) is 2.48. The van der Waals surface area contributed by atoms with Gasteiger partial charge in [-0.2, -0.15) is 0 Å². The number of benzene rings is 1. The molecule has 120 valence electrons. The second-order valence-electron chi connectivity index (χ2n) is 5.19. The van der Waals surface area contributed by atoms with Crippen LogP contribution in [0.2, 0.25) is 0 Å². The third-order valence-corrected chi connectivity index (χ3v) is 3.27. The molecule has 5 nitrogen and oxygen atoms in total. The number of carbonyl (C=O) groups excluding carboxylic acids is 2. The van der Waals surface area contributed by atoms with Gasteiger partial charge in [-0.3, -0.25) is 9.78 Å². The lowest BCUT2D eigenvalue weighted by molar-refractivity contribution is -0.160. The molecule has 1 amide bonds. The van der Waals surface area contributed by atoms with Gasteiger partial charge in [-0.25, -0.2) is 4.79 Å².